The van der Waals surface area contributed by atoms with Crippen LogP contribution in [0.3, 0.4) is 0 Å². The largest absolute Gasteiger partial charge is 0.479 e. The highest BCUT2D eigenvalue weighted by molar-refractivity contribution is 5.94. The number of carboxylic acid groups (broad SMARTS) is 1. The summed E-state index contributed by atoms with van der Waals surface area (Å²) in [5.41, 5.74) is 0.468. The zero-order valence-electron chi connectivity index (χ0n) is 13.7. The zero-order chi connectivity index (χ0) is 17.3. The predicted molar refractivity (Wildman–Crippen MR) is 86.0 cm³/mol. The van der Waals surface area contributed by atoms with Crippen LogP contribution in [0, 0.1) is 12.8 Å². The lowest BCUT2D eigenvalue weighted by atomic mass is 9.89. The Labute approximate surface area is 139 Å². The summed E-state index contributed by atoms with van der Waals surface area (Å²) in [6.07, 6.45) is 5.17. The van der Waals surface area contributed by atoms with Crippen LogP contribution in [-0.2, 0) is 9.53 Å². The summed E-state index contributed by atoms with van der Waals surface area (Å²) in [6, 6.07) is 0. The molecule has 2 aliphatic heterocycles. The minimum absolute atomic E-state index is 0.0364. The summed E-state index contributed by atoms with van der Waals surface area (Å²) in [6.45, 7) is 2.81. The van der Waals surface area contributed by atoms with E-state index in [9.17, 15) is 14.4 Å². The predicted octanol–water partition coefficient (Wildman–Crippen LogP) is 1.17. The van der Waals surface area contributed by atoms with Gasteiger partial charge in [0.25, 0.3) is 5.91 Å². The van der Waals surface area contributed by atoms with E-state index >= 15 is 0 Å². The van der Waals surface area contributed by atoms with Crippen LogP contribution < -0.4 is 5.43 Å². The standard InChI is InChI=1S/C17H22N2O5/c1-10-8-18-9-12(15(10)20)16(21)19-6-4-11(5-7-19)13-2-3-14(24-13)17(22)23/h8-9,11,13-14H,2-7H2,1H3,(H,18,20)(H,22,23)/t13-,14+/m0/s1. The number of ether oxygens (including phenoxy) is 1. The Morgan fingerprint density at radius 3 is 2.54 bits per heavy atom. The number of nitrogens with zero attached hydrogens (tertiary/aromatic N) is 1. The number of aliphatic carboxylic acids is 1. The van der Waals surface area contributed by atoms with Gasteiger partial charge in [0.15, 0.2) is 11.5 Å². The molecule has 2 atom stereocenters. The Morgan fingerprint density at radius 1 is 1.21 bits per heavy atom. The van der Waals surface area contributed by atoms with Crippen molar-refractivity contribution >= 4 is 11.9 Å². The number of likely N-dealkylation sites (tertiary alicyclic amines) is 1. The van der Waals surface area contributed by atoms with Crippen molar-refractivity contribution in [2.75, 3.05) is 13.1 Å². The molecule has 2 aliphatic rings. The molecule has 1 aromatic rings. The van der Waals surface area contributed by atoms with E-state index < -0.39 is 12.1 Å². The van der Waals surface area contributed by atoms with Crippen LogP contribution in [0.2, 0.25) is 0 Å². The number of aromatic amines is 1. The van der Waals surface area contributed by atoms with Crippen molar-refractivity contribution < 1.29 is 19.4 Å². The maximum absolute atomic E-state index is 12.5. The smallest absolute Gasteiger partial charge is 0.332 e. The molecular formula is C17H22N2O5. The molecule has 7 heteroatoms. The lowest BCUT2D eigenvalue weighted by Gasteiger charge is -2.34. The number of hydrogen-bond donors (Lipinski definition) is 2. The van der Waals surface area contributed by atoms with Crippen molar-refractivity contribution in [1.29, 1.82) is 0 Å². The third-order valence-corrected chi connectivity index (χ3v) is 5.04. The molecular weight excluding hydrogens is 312 g/mol. The number of aromatic nitrogens is 1. The van der Waals surface area contributed by atoms with E-state index in [4.69, 9.17) is 9.84 Å². The van der Waals surface area contributed by atoms with Crippen LogP contribution in [0.1, 0.15) is 41.6 Å². The number of aryl methyl sites for hydroxylation is 1. The summed E-state index contributed by atoms with van der Waals surface area (Å²) >= 11 is 0. The average Bonchev–Trinajstić information content (AvgIpc) is 3.07. The second-order valence-corrected chi connectivity index (χ2v) is 6.59. The van der Waals surface area contributed by atoms with Crippen LogP contribution in [0.4, 0.5) is 0 Å². The van der Waals surface area contributed by atoms with Gasteiger partial charge in [-0.2, -0.15) is 0 Å². The SMILES string of the molecule is Cc1c[nH]cc(C(=O)N2CCC([C@@H]3CC[C@H](C(=O)O)O3)CC2)c1=O. The first-order valence-corrected chi connectivity index (χ1v) is 8.32. The van der Waals surface area contributed by atoms with E-state index in [1.165, 1.54) is 6.20 Å². The van der Waals surface area contributed by atoms with Gasteiger partial charge in [-0.25, -0.2) is 4.79 Å². The zero-order valence-corrected chi connectivity index (χ0v) is 13.7. The molecule has 2 fully saturated rings. The topological polar surface area (TPSA) is 99.7 Å². The van der Waals surface area contributed by atoms with E-state index in [2.05, 4.69) is 4.98 Å². The van der Waals surface area contributed by atoms with E-state index in [0.717, 1.165) is 19.3 Å². The molecule has 0 bridgehead atoms. The van der Waals surface area contributed by atoms with Crippen LogP contribution in [-0.4, -0.2) is 52.2 Å². The van der Waals surface area contributed by atoms with Gasteiger partial charge in [0, 0.05) is 31.0 Å². The number of H-pyrrole nitrogens is 1. The third-order valence-electron chi connectivity index (χ3n) is 5.04. The van der Waals surface area contributed by atoms with Gasteiger partial charge in [0.1, 0.15) is 5.56 Å². The second kappa shape index (κ2) is 6.76. The summed E-state index contributed by atoms with van der Waals surface area (Å²) in [4.78, 5) is 40.1. The minimum Gasteiger partial charge on any atom is -0.479 e. The van der Waals surface area contributed by atoms with Crippen molar-refractivity contribution in [3.05, 3.63) is 33.7 Å². The molecule has 0 aromatic carbocycles. The highest BCUT2D eigenvalue weighted by Crippen LogP contribution is 2.32. The molecule has 1 aromatic heterocycles. The second-order valence-electron chi connectivity index (χ2n) is 6.59. The van der Waals surface area contributed by atoms with Crippen LogP contribution >= 0.6 is 0 Å². The van der Waals surface area contributed by atoms with Gasteiger partial charge in [-0.3, -0.25) is 9.59 Å². The quantitative estimate of drug-likeness (QED) is 0.864. The lowest BCUT2D eigenvalue weighted by Crippen LogP contribution is -2.43. The molecule has 3 rings (SSSR count). The van der Waals surface area contributed by atoms with Gasteiger partial charge < -0.3 is 19.7 Å². The molecule has 2 saturated heterocycles. The third kappa shape index (κ3) is 3.21. The number of carbonyl (C=O) groups is 2. The maximum atomic E-state index is 12.5. The first-order chi connectivity index (χ1) is 11.5. The van der Waals surface area contributed by atoms with E-state index in [0.29, 0.717) is 25.1 Å². The Kier molecular flexibility index (Phi) is 4.71. The summed E-state index contributed by atoms with van der Waals surface area (Å²) < 4.78 is 5.62. The number of carbonyl (C=O) groups excluding carboxylic acids is 1. The first-order valence-electron chi connectivity index (χ1n) is 8.32. The molecule has 130 valence electrons. The number of rotatable bonds is 3. The van der Waals surface area contributed by atoms with E-state index in [1.54, 1.807) is 18.0 Å². The summed E-state index contributed by atoms with van der Waals surface area (Å²) in [5.74, 6) is -0.868. The molecule has 0 aliphatic carbocycles. The molecule has 3 heterocycles. The number of hydrogen-bond acceptors (Lipinski definition) is 4. The van der Waals surface area contributed by atoms with Gasteiger partial charge in [-0.1, -0.05) is 0 Å². The number of piperidine rings is 1. The lowest BCUT2D eigenvalue weighted by molar-refractivity contribution is -0.150. The summed E-state index contributed by atoms with van der Waals surface area (Å²) in [7, 11) is 0. The normalized spacial score (nSPS) is 25.0. The van der Waals surface area contributed by atoms with Gasteiger partial charge in [-0.15, -0.1) is 0 Å². The molecule has 24 heavy (non-hydrogen) atoms. The molecule has 0 unspecified atom stereocenters. The highest BCUT2D eigenvalue weighted by atomic mass is 16.5. The van der Waals surface area contributed by atoms with Crippen molar-refractivity contribution in [2.24, 2.45) is 5.92 Å². The molecule has 0 saturated carbocycles. The average molecular weight is 334 g/mol. The maximum Gasteiger partial charge on any atom is 0.332 e. The molecule has 0 radical (unpaired) electrons. The van der Waals surface area contributed by atoms with Crippen LogP contribution in [0.5, 0.6) is 0 Å². The minimum atomic E-state index is -0.899. The molecule has 2 N–H and O–H groups in total. The van der Waals surface area contributed by atoms with Crippen molar-refractivity contribution in [3.8, 4) is 0 Å². The number of nitrogens with one attached hydrogen (secondary N) is 1. The Morgan fingerprint density at radius 2 is 1.92 bits per heavy atom. The van der Waals surface area contributed by atoms with Crippen LogP contribution in [0.15, 0.2) is 17.2 Å². The number of carboxylic acids is 1. The number of pyridine rings is 1. The Hall–Kier alpha value is -2.15. The fourth-order valence-corrected chi connectivity index (χ4v) is 3.59. The fraction of sp³-hybridized carbons (Fsp3) is 0.588. The van der Waals surface area contributed by atoms with Crippen molar-refractivity contribution in [2.45, 2.75) is 44.8 Å². The molecule has 1 amide bonds. The van der Waals surface area contributed by atoms with Crippen LogP contribution in [0.25, 0.3) is 0 Å². The summed E-state index contributed by atoms with van der Waals surface area (Å²) in [5, 5.41) is 9.01. The van der Waals surface area contributed by atoms with E-state index in [-0.39, 0.29) is 28.9 Å². The van der Waals surface area contributed by atoms with Gasteiger partial charge in [-0.05, 0) is 38.5 Å². The highest BCUT2D eigenvalue weighted by Gasteiger charge is 2.37. The van der Waals surface area contributed by atoms with Crippen molar-refractivity contribution in [3.63, 3.8) is 0 Å². The monoisotopic (exact) mass is 334 g/mol. The Bertz CT molecular complexity index is 690. The fourth-order valence-electron chi connectivity index (χ4n) is 3.59. The first kappa shape index (κ1) is 16.7. The van der Waals surface area contributed by atoms with Gasteiger partial charge in [0.2, 0.25) is 0 Å². The Balaban J connectivity index is 1.59. The van der Waals surface area contributed by atoms with Crippen molar-refractivity contribution in [1.82, 2.24) is 9.88 Å². The molecule has 0 spiro atoms. The number of amides is 1. The van der Waals surface area contributed by atoms with E-state index in [1.807, 2.05) is 0 Å². The molecule has 7 nitrogen and oxygen atoms in total. The van der Waals surface area contributed by atoms with Gasteiger partial charge >= 0.3 is 5.97 Å². The van der Waals surface area contributed by atoms with Gasteiger partial charge in [0.05, 0.1) is 6.10 Å².